The third-order valence-electron chi connectivity index (χ3n) is 4.79. The molecule has 0 bridgehead atoms. The average molecular weight is 378 g/mol. The Hall–Kier alpha value is -3.22. The highest BCUT2D eigenvalue weighted by Crippen LogP contribution is 2.33. The van der Waals surface area contributed by atoms with E-state index in [4.69, 9.17) is 10.8 Å². The number of nitrogens with two attached hydrogens (primary N) is 1. The third kappa shape index (κ3) is 3.60. The SMILES string of the molecule is C=CC(=O)N1CCCC(n2nc(-c3ccccc3)c3c(N)ncnc32)C1.CC. The number of benzene rings is 1. The minimum atomic E-state index is -0.0522. The molecule has 4 rings (SSSR count). The molecule has 2 N–H and O–H groups in total. The van der Waals surface area contributed by atoms with Crippen molar-refractivity contribution in [3.63, 3.8) is 0 Å². The molecule has 1 saturated heterocycles. The summed E-state index contributed by atoms with van der Waals surface area (Å²) in [6, 6.07) is 9.92. The number of hydrogen-bond donors (Lipinski definition) is 1. The first-order valence-corrected chi connectivity index (χ1v) is 9.64. The molecule has 0 radical (unpaired) electrons. The van der Waals surface area contributed by atoms with Crippen LogP contribution in [0.3, 0.4) is 0 Å². The summed E-state index contributed by atoms with van der Waals surface area (Å²) in [4.78, 5) is 22.4. The lowest BCUT2D eigenvalue weighted by atomic mass is 10.1. The van der Waals surface area contributed by atoms with Gasteiger partial charge < -0.3 is 10.6 Å². The number of carbonyl (C=O) groups excluding carboxylic acids is 1. The van der Waals surface area contributed by atoms with Crippen molar-refractivity contribution in [3.8, 4) is 11.3 Å². The van der Waals surface area contributed by atoms with Gasteiger partial charge in [-0.1, -0.05) is 50.8 Å². The predicted molar refractivity (Wildman–Crippen MR) is 112 cm³/mol. The number of carbonyl (C=O) groups is 1. The Labute approximate surface area is 164 Å². The largest absolute Gasteiger partial charge is 0.383 e. The highest BCUT2D eigenvalue weighted by atomic mass is 16.2. The molecule has 3 aromatic rings. The van der Waals surface area contributed by atoms with Gasteiger partial charge in [0.2, 0.25) is 5.91 Å². The van der Waals surface area contributed by atoms with Gasteiger partial charge in [0.15, 0.2) is 5.65 Å². The van der Waals surface area contributed by atoms with Crippen LogP contribution < -0.4 is 5.73 Å². The number of amides is 1. The van der Waals surface area contributed by atoms with E-state index in [1.807, 2.05) is 48.9 Å². The van der Waals surface area contributed by atoms with Crippen molar-refractivity contribution < 1.29 is 4.79 Å². The smallest absolute Gasteiger partial charge is 0.246 e. The van der Waals surface area contributed by atoms with E-state index in [1.165, 1.54) is 12.4 Å². The Morgan fingerprint density at radius 1 is 1.25 bits per heavy atom. The molecule has 1 fully saturated rings. The number of likely N-dealkylation sites (tertiary alicyclic amines) is 1. The quantitative estimate of drug-likeness (QED) is 0.705. The molecule has 7 nitrogen and oxygen atoms in total. The summed E-state index contributed by atoms with van der Waals surface area (Å²) in [5, 5.41) is 5.59. The Balaban J connectivity index is 0.00000109. The van der Waals surface area contributed by atoms with Gasteiger partial charge in [-0.2, -0.15) is 5.10 Å². The third-order valence-corrected chi connectivity index (χ3v) is 4.79. The summed E-state index contributed by atoms with van der Waals surface area (Å²) < 4.78 is 1.90. The molecule has 1 aromatic carbocycles. The van der Waals surface area contributed by atoms with Crippen molar-refractivity contribution in [3.05, 3.63) is 49.3 Å². The van der Waals surface area contributed by atoms with Crippen LogP contribution in [0.5, 0.6) is 0 Å². The lowest BCUT2D eigenvalue weighted by molar-refractivity contribution is -0.127. The number of fused-ring (bicyclic) bond motifs is 1. The molecule has 28 heavy (non-hydrogen) atoms. The Bertz CT molecular complexity index is 966. The van der Waals surface area contributed by atoms with E-state index < -0.39 is 0 Å². The first-order valence-electron chi connectivity index (χ1n) is 9.64. The standard InChI is InChI=1S/C19H20N6O.C2H6/c1-2-15(26)24-10-6-9-14(11-24)25-19-16(18(20)21-12-22-19)17(23-25)13-7-4-3-5-8-13;1-2/h2-5,7-8,12,14H,1,6,9-11H2,(H2,20,21,22);1-2H3. The van der Waals surface area contributed by atoms with Crippen molar-refractivity contribution in [2.24, 2.45) is 0 Å². The first kappa shape index (κ1) is 19.5. The van der Waals surface area contributed by atoms with E-state index in [1.54, 1.807) is 4.90 Å². The molecule has 1 aliphatic rings. The monoisotopic (exact) mass is 378 g/mol. The Kier molecular flexibility index (Phi) is 6.03. The van der Waals surface area contributed by atoms with Crippen LogP contribution in [0.4, 0.5) is 5.82 Å². The van der Waals surface area contributed by atoms with Crippen LogP contribution in [-0.4, -0.2) is 43.6 Å². The van der Waals surface area contributed by atoms with E-state index >= 15 is 0 Å². The molecule has 7 heteroatoms. The number of nitrogens with zero attached hydrogens (tertiary/aromatic N) is 5. The Morgan fingerprint density at radius 3 is 2.71 bits per heavy atom. The molecule has 0 spiro atoms. The fourth-order valence-electron chi connectivity index (χ4n) is 3.53. The van der Waals surface area contributed by atoms with Gasteiger partial charge in [0.1, 0.15) is 17.8 Å². The van der Waals surface area contributed by atoms with Crippen LogP contribution in [-0.2, 0) is 4.79 Å². The van der Waals surface area contributed by atoms with Crippen LogP contribution in [0, 0.1) is 0 Å². The maximum Gasteiger partial charge on any atom is 0.246 e. The summed E-state index contributed by atoms with van der Waals surface area (Å²) in [5.41, 5.74) is 8.59. The predicted octanol–water partition coefficient (Wildman–Crippen LogP) is 3.45. The lowest BCUT2D eigenvalue weighted by Crippen LogP contribution is -2.40. The minimum absolute atomic E-state index is 0.0434. The lowest BCUT2D eigenvalue weighted by Gasteiger charge is -2.32. The van der Waals surface area contributed by atoms with Crippen LogP contribution in [0.25, 0.3) is 22.3 Å². The van der Waals surface area contributed by atoms with Crippen LogP contribution in [0.2, 0.25) is 0 Å². The average Bonchev–Trinajstić information content (AvgIpc) is 3.16. The maximum atomic E-state index is 12.0. The number of hydrogen-bond acceptors (Lipinski definition) is 5. The molecular weight excluding hydrogens is 352 g/mol. The van der Waals surface area contributed by atoms with E-state index in [2.05, 4.69) is 16.5 Å². The van der Waals surface area contributed by atoms with Crippen molar-refractivity contribution in [1.29, 1.82) is 0 Å². The van der Waals surface area contributed by atoms with Gasteiger partial charge in [0.25, 0.3) is 0 Å². The molecule has 1 amide bonds. The van der Waals surface area contributed by atoms with Crippen molar-refractivity contribution >= 4 is 22.8 Å². The minimum Gasteiger partial charge on any atom is -0.383 e. The van der Waals surface area contributed by atoms with Gasteiger partial charge in [0.05, 0.1) is 11.4 Å². The zero-order chi connectivity index (χ0) is 20.1. The second-order valence-electron chi connectivity index (χ2n) is 6.40. The normalized spacial score (nSPS) is 16.4. The van der Waals surface area contributed by atoms with Crippen molar-refractivity contribution in [2.75, 3.05) is 18.8 Å². The van der Waals surface area contributed by atoms with Gasteiger partial charge in [-0.3, -0.25) is 4.79 Å². The molecule has 1 unspecified atom stereocenters. The summed E-state index contributed by atoms with van der Waals surface area (Å²) in [5.74, 6) is 0.360. The van der Waals surface area contributed by atoms with Gasteiger partial charge in [-0.05, 0) is 18.9 Å². The van der Waals surface area contributed by atoms with Crippen molar-refractivity contribution in [2.45, 2.75) is 32.7 Å². The fourth-order valence-corrected chi connectivity index (χ4v) is 3.53. The maximum absolute atomic E-state index is 12.0. The van der Waals surface area contributed by atoms with E-state index in [9.17, 15) is 4.79 Å². The number of nitrogen functional groups attached to an aromatic ring is 1. The molecule has 1 aliphatic heterocycles. The van der Waals surface area contributed by atoms with E-state index in [0.29, 0.717) is 18.0 Å². The number of aromatic nitrogens is 4. The fraction of sp³-hybridized carbons (Fsp3) is 0.333. The molecule has 0 saturated carbocycles. The summed E-state index contributed by atoms with van der Waals surface area (Å²) in [6.07, 6.45) is 4.65. The number of rotatable bonds is 3. The summed E-state index contributed by atoms with van der Waals surface area (Å²) in [6.45, 7) is 8.91. The number of anilines is 1. The molecule has 146 valence electrons. The molecule has 3 heterocycles. The van der Waals surface area contributed by atoms with Crippen LogP contribution in [0.1, 0.15) is 32.7 Å². The van der Waals surface area contributed by atoms with Gasteiger partial charge in [-0.15, -0.1) is 0 Å². The number of piperidine rings is 1. The van der Waals surface area contributed by atoms with Gasteiger partial charge in [0, 0.05) is 18.7 Å². The second kappa shape index (κ2) is 8.65. The van der Waals surface area contributed by atoms with E-state index in [-0.39, 0.29) is 11.9 Å². The van der Waals surface area contributed by atoms with Crippen LogP contribution in [0.15, 0.2) is 49.3 Å². The molecule has 2 aromatic heterocycles. The van der Waals surface area contributed by atoms with Crippen molar-refractivity contribution in [1.82, 2.24) is 24.6 Å². The first-order chi connectivity index (χ1) is 13.7. The molecular formula is C21H26N6O. The summed E-state index contributed by atoms with van der Waals surface area (Å²) >= 11 is 0. The highest BCUT2D eigenvalue weighted by Gasteiger charge is 2.27. The van der Waals surface area contributed by atoms with Gasteiger partial charge in [-0.25, -0.2) is 14.6 Å². The molecule has 1 atom stereocenters. The van der Waals surface area contributed by atoms with Crippen LogP contribution >= 0.6 is 0 Å². The zero-order valence-corrected chi connectivity index (χ0v) is 16.4. The summed E-state index contributed by atoms with van der Waals surface area (Å²) in [7, 11) is 0. The Morgan fingerprint density at radius 2 is 2.00 bits per heavy atom. The zero-order valence-electron chi connectivity index (χ0n) is 16.4. The molecule has 0 aliphatic carbocycles. The van der Waals surface area contributed by atoms with E-state index in [0.717, 1.165) is 36.0 Å². The second-order valence-corrected chi connectivity index (χ2v) is 6.40. The highest BCUT2D eigenvalue weighted by molar-refractivity contribution is 5.98. The topological polar surface area (TPSA) is 89.9 Å². The van der Waals surface area contributed by atoms with Gasteiger partial charge >= 0.3 is 0 Å².